The molecule has 1 rings (SSSR count). The summed E-state index contributed by atoms with van der Waals surface area (Å²) in [5.74, 6) is 0. The fourth-order valence-corrected chi connectivity index (χ4v) is 2.39. The van der Waals surface area contributed by atoms with E-state index in [2.05, 4.69) is 25.4 Å². The molecule has 0 heterocycles. The average Bonchev–Trinajstić information content (AvgIpc) is 2.58. The third kappa shape index (κ3) is 4.67. The van der Waals surface area contributed by atoms with Gasteiger partial charge in [0, 0.05) is 13.2 Å². The highest BCUT2D eigenvalue weighted by Crippen LogP contribution is 2.22. The molecule has 0 aromatic rings. The quantitative estimate of drug-likeness (QED) is 0.700. The SMILES string of the molecule is CNC(CCC(C)OC)C1=CCCCCC1. The predicted octanol–water partition coefficient (Wildman–Crippen LogP) is 3.28. The Morgan fingerprint density at radius 1 is 1.31 bits per heavy atom. The molecule has 0 saturated heterocycles. The summed E-state index contributed by atoms with van der Waals surface area (Å²) in [6, 6.07) is 0.565. The molecule has 1 aliphatic rings. The first kappa shape index (κ1) is 13.7. The maximum atomic E-state index is 5.31. The van der Waals surface area contributed by atoms with Crippen molar-refractivity contribution < 1.29 is 4.74 Å². The van der Waals surface area contributed by atoms with Crippen LogP contribution in [0.5, 0.6) is 0 Å². The summed E-state index contributed by atoms with van der Waals surface area (Å²) in [7, 11) is 3.87. The minimum Gasteiger partial charge on any atom is -0.382 e. The molecule has 0 bridgehead atoms. The number of rotatable bonds is 6. The highest BCUT2D eigenvalue weighted by Gasteiger charge is 2.14. The predicted molar refractivity (Wildman–Crippen MR) is 69.7 cm³/mol. The van der Waals surface area contributed by atoms with Gasteiger partial charge in [0.25, 0.3) is 0 Å². The first-order valence-corrected chi connectivity index (χ1v) is 6.67. The lowest BCUT2D eigenvalue weighted by atomic mass is 9.97. The minimum absolute atomic E-state index is 0.377. The summed E-state index contributed by atoms with van der Waals surface area (Å²) < 4.78 is 5.31. The number of methoxy groups -OCH3 is 1. The van der Waals surface area contributed by atoms with E-state index in [1.165, 1.54) is 38.5 Å². The third-order valence-electron chi connectivity index (χ3n) is 3.64. The number of hydrogen-bond acceptors (Lipinski definition) is 2. The van der Waals surface area contributed by atoms with E-state index in [0.717, 1.165) is 6.42 Å². The Balaban J connectivity index is 2.42. The molecule has 0 aromatic carbocycles. The number of ether oxygens (including phenoxy) is 1. The van der Waals surface area contributed by atoms with Crippen molar-refractivity contribution in [2.24, 2.45) is 0 Å². The van der Waals surface area contributed by atoms with Crippen LogP contribution in [0.2, 0.25) is 0 Å². The molecule has 2 atom stereocenters. The van der Waals surface area contributed by atoms with Gasteiger partial charge in [-0.15, -0.1) is 0 Å². The van der Waals surface area contributed by atoms with E-state index in [1.54, 1.807) is 12.7 Å². The van der Waals surface area contributed by atoms with Gasteiger partial charge in [-0.3, -0.25) is 0 Å². The Labute approximate surface area is 100 Å². The van der Waals surface area contributed by atoms with Crippen LogP contribution >= 0.6 is 0 Å². The molecular weight excluding hydrogens is 198 g/mol. The minimum atomic E-state index is 0.377. The van der Waals surface area contributed by atoms with Crippen molar-refractivity contribution in [1.82, 2.24) is 5.32 Å². The van der Waals surface area contributed by atoms with Crippen LogP contribution in [0.15, 0.2) is 11.6 Å². The topological polar surface area (TPSA) is 21.3 Å². The molecule has 0 aromatic heterocycles. The summed E-state index contributed by atoms with van der Waals surface area (Å²) in [6.45, 7) is 2.15. The number of likely N-dealkylation sites (N-methyl/N-ethyl adjacent to an activating group) is 1. The highest BCUT2D eigenvalue weighted by atomic mass is 16.5. The van der Waals surface area contributed by atoms with Crippen LogP contribution in [0.3, 0.4) is 0 Å². The van der Waals surface area contributed by atoms with Gasteiger partial charge < -0.3 is 10.1 Å². The lowest BCUT2D eigenvalue weighted by molar-refractivity contribution is 0.107. The lowest BCUT2D eigenvalue weighted by Crippen LogP contribution is -2.28. The van der Waals surface area contributed by atoms with Crippen molar-refractivity contribution in [2.45, 2.75) is 64.0 Å². The molecule has 2 heteroatoms. The smallest absolute Gasteiger partial charge is 0.0543 e. The van der Waals surface area contributed by atoms with Crippen LogP contribution in [-0.2, 0) is 4.74 Å². The molecular formula is C14H27NO. The highest BCUT2D eigenvalue weighted by molar-refractivity contribution is 5.11. The normalized spacial score (nSPS) is 21.1. The van der Waals surface area contributed by atoms with Gasteiger partial charge in [0.1, 0.15) is 0 Å². The Hall–Kier alpha value is -0.340. The summed E-state index contributed by atoms with van der Waals surface area (Å²) >= 11 is 0. The zero-order chi connectivity index (χ0) is 11.8. The first-order valence-electron chi connectivity index (χ1n) is 6.67. The molecule has 16 heavy (non-hydrogen) atoms. The molecule has 94 valence electrons. The second-order valence-electron chi connectivity index (χ2n) is 4.84. The monoisotopic (exact) mass is 225 g/mol. The van der Waals surface area contributed by atoms with Gasteiger partial charge in [0.15, 0.2) is 0 Å². The number of nitrogens with one attached hydrogen (secondary N) is 1. The number of hydrogen-bond donors (Lipinski definition) is 1. The van der Waals surface area contributed by atoms with Crippen LogP contribution in [0, 0.1) is 0 Å². The van der Waals surface area contributed by atoms with Crippen molar-refractivity contribution in [3.63, 3.8) is 0 Å². The molecule has 2 nitrogen and oxygen atoms in total. The molecule has 1 aliphatic carbocycles. The Morgan fingerprint density at radius 2 is 2.12 bits per heavy atom. The Bertz CT molecular complexity index is 213. The third-order valence-corrected chi connectivity index (χ3v) is 3.64. The molecule has 0 aliphatic heterocycles. The second-order valence-corrected chi connectivity index (χ2v) is 4.84. The van der Waals surface area contributed by atoms with E-state index < -0.39 is 0 Å². The molecule has 0 saturated carbocycles. The molecule has 2 unspecified atom stereocenters. The van der Waals surface area contributed by atoms with Crippen LogP contribution in [0.1, 0.15) is 51.9 Å². The Kier molecular flexibility index (Phi) is 6.74. The van der Waals surface area contributed by atoms with Gasteiger partial charge >= 0.3 is 0 Å². The van der Waals surface area contributed by atoms with Crippen molar-refractivity contribution in [3.8, 4) is 0 Å². The van der Waals surface area contributed by atoms with E-state index in [4.69, 9.17) is 4.74 Å². The molecule has 1 N–H and O–H groups in total. The van der Waals surface area contributed by atoms with Crippen molar-refractivity contribution in [3.05, 3.63) is 11.6 Å². The lowest BCUT2D eigenvalue weighted by Gasteiger charge is -2.21. The van der Waals surface area contributed by atoms with Crippen molar-refractivity contribution >= 4 is 0 Å². The largest absolute Gasteiger partial charge is 0.382 e. The molecule has 0 radical (unpaired) electrons. The van der Waals surface area contributed by atoms with Crippen molar-refractivity contribution in [1.29, 1.82) is 0 Å². The summed E-state index contributed by atoms with van der Waals surface area (Å²) in [5.41, 5.74) is 1.63. The maximum absolute atomic E-state index is 5.31. The van der Waals surface area contributed by atoms with Crippen molar-refractivity contribution in [2.75, 3.05) is 14.2 Å². The van der Waals surface area contributed by atoms with Gasteiger partial charge in [-0.05, 0) is 52.5 Å². The molecule has 0 spiro atoms. The zero-order valence-electron chi connectivity index (χ0n) is 11.1. The van der Waals surface area contributed by atoms with Gasteiger partial charge in [-0.2, -0.15) is 0 Å². The fraction of sp³-hybridized carbons (Fsp3) is 0.857. The van der Waals surface area contributed by atoms with E-state index in [9.17, 15) is 0 Å². The van der Waals surface area contributed by atoms with Crippen LogP contribution in [-0.4, -0.2) is 26.3 Å². The summed E-state index contributed by atoms with van der Waals surface area (Å²) in [4.78, 5) is 0. The van der Waals surface area contributed by atoms with Gasteiger partial charge in [-0.1, -0.05) is 18.1 Å². The van der Waals surface area contributed by atoms with Crippen LogP contribution in [0.25, 0.3) is 0 Å². The van der Waals surface area contributed by atoms with E-state index in [0.29, 0.717) is 12.1 Å². The fourth-order valence-electron chi connectivity index (χ4n) is 2.39. The average molecular weight is 225 g/mol. The standard InChI is InChI=1S/C14H27NO/c1-12(16-3)10-11-14(15-2)13-8-6-4-5-7-9-13/h8,12,14-15H,4-7,9-11H2,1-3H3. The van der Waals surface area contributed by atoms with Gasteiger partial charge in [0.2, 0.25) is 0 Å². The molecule has 0 fully saturated rings. The molecule has 0 amide bonds. The van der Waals surface area contributed by atoms with Gasteiger partial charge in [0.05, 0.1) is 6.10 Å². The maximum Gasteiger partial charge on any atom is 0.0543 e. The van der Waals surface area contributed by atoms with E-state index >= 15 is 0 Å². The zero-order valence-corrected chi connectivity index (χ0v) is 11.1. The Morgan fingerprint density at radius 3 is 2.81 bits per heavy atom. The first-order chi connectivity index (χ1) is 7.77. The summed E-state index contributed by atoms with van der Waals surface area (Å²) in [5, 5.41) is 3.46. The number of allylic oxidation sites excluding steroid dienone is 1. The van der Waals surface area contributed by atoms with E-state index in [-0.39, 0.29) is 0 Å². The summed E-state index contributed by atoms with van der Waals surface area (Å²) in [6.07, 6.45) is 11.9. The van der Waals surface area contributed by atoms with Gasteiger partial charge in [-0.25, -0.2) is 0 Å². The second kappa shape index (κ2) is 7.86. The van der Waals surface area contributed by atoms with Crippen LogP contribution in [0.4, 0.5) is 0 Å². The van der Waals surface area contributed by atoms with E-state index in [1.807, 2.05) is 0 Å². The van der Waals surface area contributed by atoms with Crippen LogP contribution < -0.4 is 5.32 Å².